The summed E-state index contributed by atoms with van der Waals surface area (Å²) < 4.78 is 11.8. The number of nitrogens with zero attached hydrogens (tertiary/aromatic N) is 2. The molecule has 0 unspecified atom stereocenters. The smallest absolute Gasteiger partial charge is 0.161 e. The van der Waals surface area contributed by atoms with E-state index in [1.54, 1.807) is 14.2 Å². The summed E-state index contributed by atoms with van der Waals surface area (Å²) in [5.74, 6) is 1.46. The van der Waals surface area contributed by atoms with Crippen molar-refractivity contribution in [3.05, 3.63) is 21.9 Å². The topological polar surface area (TPSA) is 34.6 Å². The molecule has 0 amide bonds. The lowest BCUT2D eigenvalue weighted by Crippen LogP contribution is -2.28. The molecule has 0 spiro atoms. The maximum atomic E-state index is 5.32. The zero-order valence-corrected chi connectivity index (χ0v) is 12.3. The minimum absolute atomic E-state index is 0.108. The van der Waals surface area contributed by atoms with Crippen LogP contribution in [0.3, 0.4) is 0 Å². The van der Waals surface area contributed by atoms with Gasteiger partial charge >= 0.3 is 0 Å². The Balaban J connectivity index is 2.00. The molecular formula is C12H17IN2O2. The van der Waals surface area contributed by atoms with E-state index >= 15 is 0 Å². The molecular weight excluding hydrogens is 331 g/mol. The van der Waals surface area contributed by atoms with Crippen LogP contribution in [0.1, 0.15) is 6.42 Å². The van der Waals surface area contributed by atoms with Crippen molar-refractivity contribution in [3.63, 3.8) is 0 Å². The normalized spacial score (nSPS) is 20.2. The van der Waals surface area contributed by atoms with E-state index in [2.05, 4.69) is 44.6 Å². The van der Waals surface area contributed by atoms with Gasteiger partial charge in [-0.3, -0.25) is 0 Å². The van der Waals surface area contributed by atoms with Crippen LogP contribution in [0.15, 0.2) is 18.3 Å². The fourth-order valence-electron chi connectivity index (χ4n) is 2.25. The number of hydrogen-bond donors (Lipinski definition) is 0. The molecule has 17 heavy (non-hydrogen) atoms. The van der Waals surface area contributed by atoms with E-state index in [0.29, 0.717) is 5.92 Å². The van der Waals surface area contributed by atoms with Gasteiger partial charge in [-0.05, 0) is 41.1 Å². The fourth-order valence-corrected chi connectivity index (χ4v) is 2.57. The second-order valence-electron chi connectivity index (χ2n) is 4.17. The standard InChI is InChI=1S/C12H17IN2O2/c1-16-12(17-2)9-5-6-15(8-9)11-4-3-10(13)7-14-11/h3-4,7,9,12H,5-6,8H2,1-2H3/t9-/m0/s1. The van der Waals surface area contributed by atoms with Gasteiger partial charge in [0.15, 0.2) is 6.29 Å². The number of methoxy groups -OCH3 is 2. The van der Waals surface area contributed by atoms with Gasteiger partial charge in [-0.1, -0.05) is 0 Å². The first-order valence-electron chi connectivity index (χ1n) is 5.66. The zero-order valence-electron chi connectivity index (χ0n) is 10.1. The molecule has 1 fully saturated rings. The Hall–Kier alpha value is -0.400. The van der Waals surface area contributed by atoms with Crippen LogP contribution in [0.5, 0.6) is 0 Å². The molecule has 0 N–H and O–H groups in total. The summed E-state index contributed by atoms with van der Waals surface area (Å²) in [5, 5.41) is 0. The number of aromatic nitrogens is 1. The van der Waals surface area contributed by atoms with Crippen molar-refractivity contribution in [1.82, 2.24) is 4.98 Å². The first-order valence-corrected chi connectivity index (χ1v) is 6.74. The van der Waals surface area contributed by atoms with Gasteiger partial charge in [-0.2, -0.15) is 0 Å². The molecule has 1 aliphatic heterocycles. The van der Waals surface area contributed by atoms with Crippen LogP contribution in [0.2, 0.25) is 0 Å². The summed E-state index contributed by atoms with van der Waals surface area (Å²) in [6.45, 7) is 1.96. The zero-order chi connectivity index (χ0) is 12.3. The number of pyridine rings is 1. The highest BCUT2D eigenvalue weighted by atomic mass is 127. The average molecular weight is 348 g/mol. The number of halogens is 1. The molecule has 0 aliphatic carbocycles. The van der Waals surface area contributed by atoms with Crippen LogP contribution in [-0.4, -0.2) is 38.6 Å². The molecule has 0 bridgehead atoms. The third-order valence-electron chi connectivity index (χ3n) is 3.11. The first-order chi connectivity index (χ1) is 8.24. The number of hydrogen-bond acceptors (Lipinski definition) is 4. The average Bonchev–Trinajstić information content (AvgIpc) is 2.81. The first kappa shape index (κ1) is 13.0. The molecule has 1 aliphatic rings. The van der Waals surface area contributed by atoms with Crippen molar-refractivity contribution in [2.75, 3.05) is 32.2 Å². The molecule has 1 aromatic heterocycles. The van der Waals surface area contributed by atoms with Crippen LogP contribution in [0.4, 0.5) is 5.82 Å². The molecule has 1 atom stereocenters. The molecule has 2 rings (SSSR count). The lowest BCUT2D eigenvalue weighted by molar-refractivity contribution is -0.132. The molecule has 1 aromatic rings. The minimum atomic E-state index is -0.108. The van der Waals surface area contributed by atoms with Crippen molar-refractivity contribution in [3.8, 4) is 0 Å². The monoisotopic (exact) mass is 348 g/mol. The maximum Gasteiger partial charge on any atom is 0.161 e. The van der Waals surface area contributed by atoms with Crippen LogP contribution in [0, 0.1) is 9.49 Å². The third-order valence-corrected chi connectivity index (χ3v) is 3.75. The molecule has 0 aromatic carbocycles. The van der Waals surface area contributed by atoms with E-state index < -0.39 is 0 Å². The van der Waals surface area contributed by atoms with Gasteiger partial charge in [0.1, 0.15) is 5.82 Å². The minimum Gasteiger partial charge on any atom is -0.356 e. The van der Waals surface area contributed by atoms with E-state index in [-0.39, 0.29) is 6.29 Å². The molecule has 5 heteroatoms. The predicted molar refractivity (Wildman–Crippen MR) is 75.1 cm³/mol. The van der Waals surface area contributed by atoms with Crippen molar-refractivity contribution in [2.24, 2.45) is 5.92 Å². The van der Waals surface area contributed by atoms with Crippen molar-refractivity contribution in [1.29, 1.82) is 0 Å². The van der Waals surface area contributed by atoms with Gasteiger partial charge in [0.2, 0.25) is 0 Å². The highest BCUT2D eigenvalue weighted by Gasteiger charge is 2.30. The predicted octanol–water partition coefficient (Wildman–Crippen LogP) is 2.13. The Morgan fingerprint density at radius 3 is 2.76 bits per heavy atom. The Morgan fingerprint density at radius 1 is 1.41 bits per heavy atom. The van der Waals surface area contributed by atoms with E-state index in [1.165, 1.54) is 0 Å². The van der Waals surface area contributed by atoms with Gasteiger partial charge in [-0.25, -0.2) is 4.98 Å². The molecule has 2 heterocycles. The van der Waals surface area contributed by atoms with Crippen molar-refractivity contribution in [2.45, 2.75) is 12.7 Å². The summed E-state index contributed by atoms with van der Waals surface area (Å²) in [5.41, 5.74) is 0. The van der Waals surface area contributed by atoms with E-state index in [0.717, 1.165) is 28.9 Å². The van der Waals surface area contributed by atoms with Gasteiger partial charge in [0.05, 0.1) is 0 Å². The van der Waals surface area contributed by atoms with E-state index in [4.69, 9.17) is 9.47 Å². The van der Waals surface area contributed by atoms with Gasteiger partial charge < -0.3 is 14.4 Å². The highest BCUT2D eigenvalue weighted by molar-refractivity contribution is 14.1. The van der Waals surface area contributed by atoms with E-state index in [9.17, 15) is 0 Å². The van der Waals surface area contributed by atoms with Crippen LogP contribution >= 0.6 is 22.6 Å². The Bertz CT molecular complexity index is 354. The lowest BCUT2D eigenvalue weighted by atomic mass is 10.1. The molecule has 1 saturated heterocycles. The summed E-state index contributed by atoms with van der Waals surface area (Å²) >= 11 is 2.27. The number of anilines is 1. The summed E-state index contributed by atoms with van der Waals surface area (Å²) in [7, 11) is 3.39. The highest BCUT2D eigenvalue weighted by Crippen LogP contribution is 2.25. The number of rotatable bonds is 4. The third kappa shape index (κ3) is 3.08. The second kappa shape index (κ2) is 5.97. The molecule has 4 nitrogen and oxygen atoms in total. The largest absolute Gasteiger partial charge is 0.356 e. The number of ether oxygens (including phenoxy) is 2. The van der Waals surface area contributed by atoms with Crippen molar-refractivity contribution >= 4 is 28.4 Å². The van der Waals surface area contributed by atoms with Gasteiger partial charge in [-0.15, -0.1) is 0 Å². The fraction of sp³-hybridized carbons (Fsp3) is 0.583. The second-order valence-corrected chi connectivity index (χ2v) is 5.41. The summed E-state index contributed by atoms with van der Waals surface area (Å²) in [6.07, 6.45) is 2.87. The van der Waals surface area contributed by atoms with Gasteiger partial charge in [0, 0.05) is 43.0 Å². The van der Waals surface area contributed by atoms with Crippen LogP contribution < -0.4 is 4.90 Å². The maximum absolute atomic E-state index is 5.32. The van der Waals surface area contributed by atoms with Crippen molar-refractivity contribution < 1.29 is 9.47 Å². The Kier molecular flexibility index (Phi) is 4.58. The van der Waals surface area contributed by atoms with E-state index in [1.807, 2.05) is 6.20 Å². The van der Waals surface area contributed by atoms with Gasteiger partial charge in [0.25, 0.3) is 0 Å². The molecule has 0 saturated carbocycles. The summed E-state index contributed by atoms with van der Waals surface area (Å²) in [4.78, 5) is 6.73. The molecule has 94 valence electrons. The summed E-state index contributed by atoms with van der Waals surface area (Å²) in [6, 6.07) is 4.15. The SMILES string of the molecule is COC(OC)[C@H]1CCN(c2ccc(I)cn2)C1. The quantitative estimate of drug-likeness (QED) is 0.617. The Morgan fingerprint density at radius 2 is 2.18 bits per heavy atom. The Labute approximate surface area is 115 Å². The van der Waals surface area contributed by atoms with Crippen LogP contribution in [0.25, 0.3) is 0 Å². The lowest BCUT2D eigenvalue weighted by Gasteiger charge is -2.21. The van der Waals surface area contributed by atoms with Crippen LogP contribution in [-0.2, 0) is 9.47 Å². The molecule has 0 radical (unpaired) electrons.